The molecule has 1 aliphatic rings. The van der Waals surface area contributed by atoms with Gasteiger partial charge in [-0.2, -0.15) is 18.3 Å². The van der Waals surface area contributed by atoms with E-state index in [9.17, 15) is 22.8 Å². The zero-order valence-corrected chi connectivity index (χ0v) is 18.5. The van der Waals surface area contributed by atoms with Gasteiger partial charge in [0.05, 0.1) is 5.69 Å². The van der Waals surface area contributed by atoms with Crippen LogP contribution >= 0.6 is 0 Å². The number of nitrogens with zero attached hydrogens (tertiary/aromatic N) is 4. The number of aryl methyl sites for hydroxylation is 1. The number of carbonyl (C=O) groups is 2. The van der Waals surface area contributed by atoms with Gasteiger partial charge in [-0.05, 0) is 48.7 Å². The summed E-state index contributed by atoms with van der Waals surface area (Å²) in [6, 6.07) is 17.2. The van der Waals surface area contributed by atoms with Crippen molar-refractivity contribution in [2.45, 2.75) is 25.4 Å². The first kappa shape index (κ1) is 23.5. The van der Waals surface area contributed by atoms with Crippen LogP contribution in [-0.2, 0) is 17.4 Å². The van der Waals surface area contributed by atoms with E-state index >= 15 is 0 Å². The molecule has 0 N–H and O–H groups in total. The molecule has 3 aromatic rings. The Morgan fingerprint density at radius 3 is 2.12 bits per heavy atom. The molecule has 0 aliphatic carbocycles. The highest BCUT2D eigenvalue weighted by Gasteiger charge is 2.33. The summed E-state index contributed by atoms with van der Waals surface area (Å²) in [5, 5.41) is 3.54. The zero-order chi connectivity index (χ0) is 24.1. The van der Waals surface area contributed by atoms with Gasteiger partial charge in [-0.15, -0.1) is 0 Å². The molecule has 0 radical (unpaired) electrons. The number of alkyl halides is 3. The molecule has 1 aromatic heterocycles. The minimum atomic E-state index is -4.51. The van der Waals surface area contributed by atoms with E-state index in [1.807, 2.05) is 18.2 Å². The van der Waals surface area contributed by atoms with Crippen LogP contribution in [0.5, 0.6) is 0 Å². The summed E-state index contributed by atoms with van der Waals surface area (Å²) in [5.41, 5.74) is 1.11. The third-order valence-electron chi connectivity index (χ3n) is 5.88. The van der Waals surface area contributed by atoms with Crippen molar-refractivity contribution in [2.75, 3.05) is 26.2 Å². The Morgan fingerprint density at radius 1 is 0.853 bits per heavy atom. The highest BCUT2D eigenvalue weighted by Crippen LogP contribution is 2.28. The Labute approximate surface area is 195 Å². The van der Waals surface area contributed by atoms with Crippen LogP contribution in [0.3, 0.4) is 0 Å². The fourth-order valence-corrected chi connectivity index (χ4v) is 3.96. The van der Waals surface area contributed by atoms with Gasteiger partial charge >= 0.3 is 6.18 Å². The van der Waals surface area contributed by atoms with Gasteiger partial charge in [-0.3, -0.25) is 9.59 Å². The molecular weight excluding hydrogens is 445 g/mol. The molecule has 0 bridgehead atoms. The van der Waals surface area contributed by atoms with Gasteiger partial charge in [0, 0.05) is 44.4 Å². The van der Waals surface area contributed by atoms with Gasteiger partial charge in [0.1, 0.15) is 0 Å². The van der Waals surface area contributed by atoms with Gasteiger partial charge in [0.2, 0.25) is 5.91 Å². The number of hydrogen-bond donors (Lipinski definition) is 0. The van der Waals surface area contributed by atoms with E-state index in [0.29, 0.717) is 43.9 Å². The Balaban J connectivity index is 1.27. The van der Waals surface area contributed by atoms with E-state index in [-0.39, 0.29) is 11.8 Å². The lowest BCUT2D eigenvalue weighted by Crippen LogP contribution is -2.50. The lowest BCUT2D eigenvalue weighted by molar-refractivity contribution is -0.141. The van der Waals surface area contributed by atoms with Gasteiger partial charge in [0.25, 0.3) is 5.91 Å². The minimum absolute atomic E-state index is 0.102. The maximum Gasteiger partial charge on any atom is 0.435 e. The molecule has 0 atom stereocenters. The summed E-state index contributed by atoms with van der Waals surface area (Å²) < 4.78 is 39.4. The molecule has 178 valence electrons. The van der Waals surface area contributed by atoms with Crippen LogP contribution in [0.25, 0.3) is 5.69 Å². The number of amides is 2. The highest BCUT2D eigenvalue weighted by atomic mass is 19.4. The standard InChI is InChI=1S/C25H25F3N4O2/c26-25(27,28)22-13-14-32(29-22)21-11-9-20(10-12-21)24(34)31-17-15-30(16-18-31)23(33)8-4-7-19-5-2-1-3-6-19/h1-3,5-6,9-14H,4,7-8,15-18H2. The fourth-order valence-electron chi connectivity index (χ4n) is 3.96. The second kappa shape index (κ2) is 10.1. The van der Waals surface area contributed by atoms with E-state index in [1.165, 1.54) is 11.8 Å². The van der Waals surface area contributed by atoms with Crippen LogP contribution in [0.1, 0.15) is 34.5 Å². The van der Waals surface area contributed by atoms with E-state index in [2.05, 4.69) is 17.2 Å². The highest BCUT2D eigenvalue weighted by molar-refractivity contribution is 5.94. The molecule has 9 heteroatoms. The average Bonchev–Trinajstić information content (AvgIpc) is 3.36. The molecule has 2 aromatic carbocycles. The Bertz CT molecular complexity index is 1120. The largest absolute Gasteiger partial charge is 0.435 e. The van der Waals surface area contributed by atoms with Crippen molar-refractivity contribution in [1.82, 2.24) is 19.6 Å². The Kier molecular flexibility index (Phi) is 7.00. The number of halogens is 3. The second-order valence-electron chi connectivity index (χ2n) is 8.20. The Morgan fingerprint density at radius 2 is 1.50 bits per heavy atom. The number of carbonyl (C=O) groups excluding carboxylic acids is 2. The van der Waals surface area contributed by atoms with Crippen molar-refractivity contribution in [3.63, 3.8) is 0 Å². The summed E-state index contributed by atoms with van der Waals surface area (Å²) in [4.78, 5) is 28.8. The van der Waals surface area contributed by atoms with Gasteiger partial charge in [0.15, 0.2) is 5.69 Å². The van der Waals surface area contributed by atoms with Crippen molar-refractivity contribution < 1.29 is 22.8 Å². The number of hydrogen-bond acceptors (Lipinski definition) is 3. The zero-order valence-electron chi connectivity index (χ0n) is 18.5. The second-order valence-corrected chi connectivity index (χ2v) is 8.20. The van der Waals surface area contributed by atoms with Crippen molar-refractivity contribution in [3.05, 3.63) is 83.7 Å². The van der Waals surface area contributed by atoms with Crippen molar-refractivity contribution >= 4 is 11.8 Å². The predicted molar refractivity (Wildman–Crippen MR) is 120 cm³/mol. The summed E-state index contributed by atoms with van der Waals surface area (Å²) in [7, 11) is 0. The molecule has 0 spiro atoms. The van der Waals surface area contributed by atoms with E-state index in [0.717, 1.165) is 23.6 Å². The SMILES string of the molecule is O=C(CCCc1ccccc1)N1CCN(C(=O)c2ccc(-n3ccc(C(F)(F)F)n3)cc2)CC1. The average molecular weight is 470 g/mol. The van der Waals surface area contributed by atoms with Crippen molar-refractivity contribution in [1.29, 1.82) is 0 Å². The molecule has 6 nitrogen and oxygen atoms in total. The molecule has 0 saturated carbocycles. The predicted octanol–water partition coefficient (Wildman–Crippen LogP) is 4.20. The first-order valence-corrected chi connectivity index (χ1v) is 11.2. The lowest BCUT2D eigenvalue weighted by atomic mass is 10.1. The summed E-state index contributed by atoms with van der Waals surface area (Å²) >= 11 is 0. The van der Waals surface area contributed by atoms with Crippen molar-refractivity contribution in [3.8, 4) is 5.69 Å². The topological polar surface area (TPSA) is 58.4 Å². The summed E-state index contributed by atoms with van der Waals surface area (Å²) in [6.45, 7) is 1.86. The lowest BCUT2D eigenvalue weighted by Gasteiger charge is -2.35. The molecule has 1 fully saturated rings. The maximum absolute atomic E-state index is 12.8. The fraction of sp³-hybridized carbons (Fsp3) is 0.320. The minimum Gasteiger partial charge on any atom is -0.339 e. The Hall–Kier alpha value is -3.62. The van der Waals surface area contributed by atoms with Crippen LogP contribution in [-0.4, -0.2) is 57.6 Å². The van der Waals surface area contributed by atoms with Crippen LogP contribution in [0.4, 0.5) is 13.2 Å². The number of rotatable bonds is 6. The van der Waals surface area contributed by atoms with Crippen LogP contribution < -0.4 is 0 Å². The first-order chi connectivity index (χ1) is 16.3. The summed E-state index contributed by atoms with van der Waals surface area (Å²) in [5.74, 6) is -0.0657. The first-order valence-electron chi connectivity index (χ1n) is 11.2. The smallest absolute Gasteiger partial charge is 0.339 e. The quantitative estimate of drug-likeness (QED) is 0.543. The maximum atomic E-state index is 12.8. The van der Waals surface area contributed by atoms with Gasteiger partial charge < -0.3 is 9.80 Å². The number of aromatic nitrogens is 2. The normalized spacial score (nSPS) is 14.3. The number of benzene rings is 2. The molecule has 1 aliphatic heterocycles. The number of piperazine rings is 1. The third kappa shape index (κ3) is 5.65. The monoisotopic (exact) mass is 470 g/mol. The van der Waals surface area contributed by atoms with E-state index in [1.54, 1.807) is 34.1 Å². The molecule has 2 amide bonds. The molecule has 4 rings (SSSR count). The van der Waals surface area contributed by atoms with Crippen molar-refractivity contribution in [2.24, 2.45) is 0 Å². The van der Waals surface area contributed by atoms with Crippen LogP contribution in [0.2, 0.25) is 0 Å². The van der Waals surface area contributed by atoms with Crippen LogP contribution in [0, 0.1) is 0 Å². The van der Waals surface area contributed by atoms with Crippen LogP contribution in [0.15, 0.2) is 66.9 Å². The molecule has 0 unspecified atom stereocenters. The third-order valence-corrected chi connectivity index (χ3v) is 5.88. The molecular formula is C25H25F3N4O2. The van der Waals surface area contributed by atoms with Gasteiger partial charge in [-0.1, -0.05) is 30.3 Å². The molecule has 34 heavy (non-hydrogen) atoms. The molecule has 2 heterocycles. The molecule has 1 saturated heterocycles. The van der Waals surface area contributed by atoms with E-state index < -0.39 is 11.9 Å². The van der Waals surface area contributed by atoms with E-state index in [4.69, 9.17) is 0 Å². The summed E-state index contributed by atoms with van der Waals surface area (Å²) in [6.07, 6.45) is -1.15. The van der Waals surface area contributed by atoms with Gasteiger partial charge in [-0.25, -0.2) is 4.68 Å².